The van der Waals surface area contributed by atoms with E-state index in [-0.39, 0.29) is 5.91 Å². The van der Waals surface area contributed by atoms with E-state index in [4.69, 9.17) is 0 Å². The minimum absolute atomic E-state index is 0.227. The molecular formula is C12H22N2OS. The summed E-state index contributed by atoms with van der Waals surface area (Å²) in [6, 6.07) is 1.74. The molecule has 0 aliphatic carbocycles. The van der Waals surface area contributed by atoms with Gasteiger partial charge in [-0.3, -0.25) is 4.79 Å². The van der Waals surface area contributed by atoms with Crippen LogP contribution in [-0.2, 0) is 4.79 Å². The first kappa shape index (κ1) is 12.2. The van der Waals surface area contributed by atoms with Gasteiger partial charge in [0.1, 0.15) is 0 Å². The van der Waals surface area contributed by atoms with Gasteiger partial charge in [0.25, 0.3) is 0 Å². The highest BCUT2D eigenvalue weighted by molar-refractivity contribution is 7.99. The monoisotopic (exact) mass is 242 g/mol. The van der Waals surface area contributed by atoms with Gasteiger partial charge < -0.3 is 10.6 Å². The topological polar surface area (TPSA) is 41.1 Å². The highest BCUT2D eigenvalue weighted by atomic mass is 32.2. The summed E-state index contributed by atoms with van der Waals surface area (Å²) in [7, 11) is 0. The van der Waals surface area contributed by atoms with Crippen LogP contribution < -0.4 is 10.6 Å². The third-order valence-corrected chi connectivity index (χ3v) is 4.58. The second kappa shape index (κ2) is 5.92. The van der Waals surface area contributed by atoms with Crippen molar-refractivity contribution in [2.75, 3.05) is 11.5 Å². The highest BCUT2D eigenvalue weighted by Gasteiger charge is 2.33. The third-order valence-electron chi connectivity index (χ3n) is 3.42. The number of rotatable bonds is 5. The van der Waals surface area contributed by atoms with E-state index in [0.717, 1.165) is 25.0 Å². The molecule has 1 amide bonds. The molecule has 0 aromatic rings. The summed E-state index contributed by atoms with van der Waals surface area (Å²) >= 11 is 1.74. The molecule has 2 aliphatic rings. The maximum absolute atomic E-state index is 11.7. The van der Waals surface area contributed by atoms with Crippen molar-refractivity contribution in [2.24, 2.45) is 0 Å². The lowest BCUT2D eigenvalue weighted by Crippen LogP contribution is -2.48. The summed E-state index contributed by atoms with van der Waals surface area (Å²) in [5.41, 5.74) is 0. The van der Waals surface area contributed by atoms with Gasteiger partial charge in [-0.15, -0.1) is 0 Å². The van der Waals surface area contributed by atoms with Gasteiger partial charge >= 0.3 is 0 Å². The number of carbonyl (C=O) groups is 1. The molecule has 2 saturated heterocycles. The number of fused-ring (bicyclic) bond motifs is 2. The lowest BCUT2D eigenvalue weighted by atomic mass is 10.00. The molecule has 2 heterocycles. The first-order chi connectivity index (χ1) is 7.78. The van der Waals surface area contributed by atoms with Crippen LogP contribution in [0.25, 0.3) is 0 Å². The Morgan fingerprint density at radius 2 is 2.06 bits per heavy atom. The van der Waals surface area contributed by atoms with Crippen LogP contribution in [0, 0.1) is 0 Å². The standard InChI is InChI=1S/C12H22N2OS/c1-2-5-16-8-12(15)14-11-6-9-3-4-10(7-11)13-9/h9-11,13H,2-8H2,1H3,(H,14,15). The zero-order chi connectivity index (χ0) is 11.4. The van der Waals surface area contributed by atoms with Crippen LogP contribution in [0.3, 0.4) is 0 Å². The van der Waals surface area contributed by atoms with Gasteiger partial charge in [-0.2, -0.15) is 11.8 Å². The van der Waals surface area contributed by atoms with Crippen molar-refractivity contribution in [3.05, 3.63) is 0 Å². The van der Waals surface area contributed by atoms with Crippen molar-refractivity contribution in [1.29, 1.82) is 0 Å². The van der Waals surface area contributed by atoms with Gasteiger partial charge in [-0.05, 0) is 37.9 Å². The van der Waals surface area contributed by atoms with Gasteiger partial charge in [-0.25, -0.2) is 0 Å². The molecular weight excluding hydrogens is 220 g/mol. The van der Waals surface area contributed by atoms with Crippen LogP contribution in [0.4, 0.5) is 0 Å². The molecule has 0 spiro atoms. The molecule has 92 valence electrons. The molecule has 2 bridgehead atoms. The average Bonchev–Trinajstić information content (AvgIpc) is 2.58. The fraction of sp³-hybridized carbons (Fsp3) is 0.917. The minimum atomic E-state index is 0.227. The second-order valence-electron chi connectivity index (χ2n) is 4.93. The third kappa shape index (κ3) is 3.39. The van der Waals surface area contributed by atoms with E-state index in [2.05, 4.69) is 17.6 Å². The van der Waals surface area contributed by atoms with E-state index in [0.29, 0.717) is 23.9 Å². The molecule has 2 fully saturated rings. The van der Waals surface area contributed by atoms with Crippen LogP contribution in [0.15, 0.2) is 0 Å². The van der Waals surface area contributed by atoms with Gasteiger partial charge in [0.05, 0.1) is 5.75 Å². The lowest BCUT2D eigenvalue weighted by Gasteiger charge is -2.29. The number of hydrogen-bond acceptors (Lipinski definition) is 3. The zero-order valence-corrected chi connectivity index (χ0v) is 10.8. The number of piperidine rings is 1. The fourth-order valence-electron chi connectivity index (χ4n) is 2.75. The average molecular weight is 242 g/mol. The molecule has 3 nitrogen and oxygen atoms in total. The molecule has 2 aliphatic heterocycles. The van der Waals surface area contributed by atoms with E-state index >= 15 is 0 Å². The van der Waals surface area contributed by atoms with Crippen molar-refractivity contribution in [3.63, 3.8) is 0 Å². The molecule has 2 unspecified atom stereocenters. The van der Waals surface area contributed by atoms with E-state index in [1.165, 1.54) is 12.8 Å². The molecule has 2 atom stereocenters. The van der Waals surface area contributed by atoms with Crippen molar-refractivity contribution < 1.29 is 4.79 Å². The molecule has 0 aromatic heterocycles. The summed E-state index contributed by atoms with van der Waals surface area (Å²) in [6.45, 7) is 2.15. The SMILES string of the molecule is CCCSCC(=O)NC1CC2CCC(C1)N2. The van der Waals surface area contributed by atoms with Crippen molar-refractivity contribution >= 4 is 17.7 Å². The predicted octanol–water partition coefficient (Wildman–Crippen LogP) is 1.53. The zero-order valence-electron chi connectivity index (χ0n) is 10.00. The normalized spacial score (nSPS) is 32.7. The Morgan fingerprint density at radius 1 is 1.38 bits per heavy atom. The molecule has 2 N–H and O–H groups in total. The molecule has 2 rings (SSSR count). The predicted molar refractivity (Wildman–Crippen MR) is 68.7 cm³/mol. The number of nitrogens with one attached hydrogen (secondary N) is 2. The molecule has 0 saturated carbocycles. The van der Waals surface area contributed by atoms with Crippen molar-refractivity contribution in [1.82, 2.24) is 10.6 Å². The summed E-state index contributed by atoms with van der Waals surface area (Å²) in [6.07, 6.45) is 5.99. The number of carbonyl (C=O) groups excluding carboxylic acids is 1. The summed E-state index contributed by atoms with van der Waals surface area (Å²) in [5, 5.41) is 6.77. The van der Waals surface area contributed by atoms with Crippen LogP contribution in [-0.4, -0.2) is 35.5 Å². The maximum Gasteiger partial charge on any atom is 0.230 e. The quantitative estimate of drug-likeness (QED) is 0.718. The Balaban J connectivity index is 1.67. The van der Waals surface area contributed by atoms with E-state index in [1.807, 2.05) is 0 Å². The van der Waals surface area contributed by atoms with Crippen LogP contribution >= 0.6 is 11.8 Å². The van der Waals surface area contributed by atoms with Crippen molar-refractivity contribution in [3.8, 4) is 0 Å². The number of thioether (sulfide) groups is 1. The van der Waals surface area contributed by atoms with Crippen LogP contribution in [0.2, 0.25) is 0 Å². The van der Waals surface area contributed by atoms with Crippen molar-refractivity contribution in [2.45, 2.75) is 57.2 Å². The van der Waals surface area contributed by atoms with Gasteiger partial charge in [0.15, 0.2) is 0 Å². The molecule has 0 radical (unpaired) electrons. The summed E-state index contributed by atoms with van der Waals surface area (Å²) in [4.78, 5) is 11.7. The first-order valence-electron chi connectivity index (χ1n) is 6.41. The molecule has 0 aromatic carbocycles. The largest absolute Gasteiger partial charge is 0.353 e. The Hall–Kier alpha value is -0.220. The molecule has 16 heavy (non-hydrogen) atoms. The highest BCUT2D eigenvalue weighted by Crippen LogP contribution is 2.26. The van der Waals surface area contributed by atoms with Gasteiger partial charge in [-0.1, -0.05) is 6.92 Å². The van der Waals surface area contributed by atoms with Gasteiger partial charge in [0, 0.05) is 18.1 Å². The Labute approximate surface area is 102 Å². The number of amides is 1. The fourth-order valence-corrected chi connectivity index (χ4v) is 3.46. The van der Waals surface area contributed by atoms with Gasteiger partial charge in [0.2, 0.25) is 5.91 Å². The van der Waals surface area contributed by atoms with Crippen LogP contribution in [0.5, 0.6) is 0 Å². The Bertz CT molecular complexity index is 235. The van der Waals surface area contributed by atoms with E-state index < -0.39 is 0 Å². The minimum Gasteiger partial charge on any atom is -0.353 e. The van der Waals surface area contributed by atoms with E-state index in [9.17, 15) is 4.79 Å². The number of hydrogen-bond donors (Lipinski definition) is 2. The smallest absolute Gasteiger partial charge is 0.230 e. The van der Waals surface area contributed by atoms with Crippen LogP contribution in [0.1, 0.15) is 39.0 Å². The summed E-state index contributed by atoms with van der Waals surface area (Å²) in [5.74, 6) is 1.95. The maximum atomic E-state index is 11.7. The second-order valence-corrected chi connectivity index (χ2v) is 6.03. The summed E-state index contributed by atoms with van der Waals surface area (Å²) < 4.78 is 0. The Kier molecular flexibility index (Phi) is 4.53. The Morgan fingerprint density at radius 3 is 2.69 bits per heavy atom. The lowest BCUT2D eigenvalue weighted by molar-refractivity contribution is -0.119. The van der Waals surface area contributed by atoms with E-state index in [1.54, 1.807) is 11.8 Å². The molecule has 4 heteroatoms. The first-order valence-corrected chi connectivity index (χ1v) is 7.56.